The Morgan fingerprint density at radius 2 is 1.67 bits per heavy atom. The van der Waals surface area contributed by atoms with Gasteiger partial charge in [-0.25, -0.2) is 4.39 Å². The molecule has 1 spiro atoms. The van der Waals surface area contributed by atoms with Gasteiger partial charge in [0, 0.05) is 11.3 Å². The molecule has 0 saturated carbocycles. The third-order valence-corrected chi connectivity index (χ3v) is 7.00. The van der Waals surface area contributed by atoms with Crippen molar-refractivity contribution in [3.63, 3.8) is 0 Å². The largest absolute Gasteiger partial charge is 0.304 e. The maximum atomic E-state index is 13.9. The van der Waals surface area contributed by atoms with Crippen LogP contribution in [0.15, 0.2) is 72.8 Å². The molecule has 30 heavy (non-hydrogen) atoms. The number of rotatable bonds is 3. The summed E-state index contributed by atoms with van der Waals surface area (Å²) in [7, 11) is 0. The van der Waals surface area contributed by atoms with Crippen molar-refractivity contribution in [2.24, 2.45) is 0 Å². The first-order chi connectivity index (χ1) is 14.5. The van der Waals surface area contributed by atoms with E-state index in [1.165, 1.54) is 28.8 Å². The number of amides is 2. The lowest BCUT2D eigenvalue weighted by Gasteiger charge is -2.33. The quantitative estimate of drug-likeness (QED) is 0.624. The topological polar surface area (TPSA) is 40.6 Å². The van der Waals surface area contributed by atoms with E-state index in [4.69, 9.17) is 0 Å². The third-order valence-electron chi connectivity index (χ3n) is 5.61. The number of anilines is 2. The Morgan fingerprint density at radius 3 is 2.40 bits per heavy atom. The van der Waals surface area contributed by atoms with Crippen molar-refractivity contribution in [2.45, 2.75) is 18.3 Å². The van der Waals surface area contributed by atoms with Gasteiger partial charge in [-0.15, -0.1) is 11.8 Å². The van der Waals surface area contributed by atoms with Gasteiger partial charge in [-0.1, -0.05) is 48.0 Å². The molecule has 2 aliphatic rings. The minimum atomic E-state index is -1.17. The summed E-state index contributed by atoms with van der Waals surface area (Å²) in [6.45, 7) is 2.44. The third kappa shape index (κ3) is 2.75. The van der Waals surface area contributed by atoms with E-state index in [1.807, 2.05) is 55.5 Å². The summed E-state index contributed by atoms with van der Waals surface area (Å²) in [6, 6.07) is 21.4. The molecular formula is C24H19FN2O2S. The highest BCUT2D eigenvalue weighted by atomic mass is 32.2. The highest BCUT2D eigenvalue weighted by molar-refractivity contribution is 8.02. The predicted molar refractivity (Wildman–Crippen MR) is 117 cm³/mol. The second-order valence-corrected chi connectivity index (χ2v) is 8.70. The average Bonchev–Trinajstić information content (AvgIpc) is 3.22. The second-order valence-electron chi connectivity index (χ2n) is 7.53. The van der Waals surface area contributed by atoms with Gasteiger partial charge in [0.25, 0.3) is 5.91 Å². The van der Waals surface area contributed by atoms with Crippen LogP contribution in [0.25, 0.3) is 0 Å². The number of halogens is 1. The Labute approximate surface area is 178 Å². The molecule has 1 atom stereocenters. The highest BCUT2D eigenvalue weighted by Gasteiger charge is 2.60. The van der Waals surface area contributed by atoms with E-state index in [9.17, 15) is 14.0 Å². The lowest BCUT2D eigenvalue weighted by atomic mass is 10.0. The smallest absolute Gasteiger partial charge is 0.269 e. The number of hydrogen-bond acceptors (Lipinski definition) is 3. The highest BCUT2D eigenvalue weighted by Crippen LogP contribution is 2.55. The summed E-state index contributed by atoms with van der Waals surface area (Å²) in [5.41, 5.74) is 4.29. The van der Waals surface area contributed by atoms with Crippen LogP contribution in [0.2, 0.25) is 0 Å². The fourth-order valence-electron chi connectivity index (χ4n) is 4.18. The lowest BCUT2D eigenvalue weighted by Crippen LogP contribution is -2.49. The van der Waals surface area contributed by atoms with Crippen molar-refractivity contribution in [3.8, 4) is 0 Å². The Morgan fingerprint density at radius 1 is 0.967 bits per heavy atom. The molecule has 1 fully saturated rings. The molecule has 4 nitrogen and oxygen atoms in total. The van der Waals surface area contributed by atoms with Crippen molar-refractivity contribution >= 4 is 35.0 Å². The van der Waals surface area contributed by atoms with Crippen molar-refractivity contribution in [1.29, 1.82) is 0 Å². The van der Waals surface area contributed by atoms with Gasteiger partial charge in [0.2, 0.25) is 10.8 Å². The molecule has 150 valence electrons. The van der Waals surface area contributed by atoms with Crippen LogP contribution in [-0.4, -0.2) is 17.6 Å². The monoisotopic (exact) mass is 418 g/mol. The summed E-state index contributed by atoms with van der Waals surface area (Å²) in [5.74, 6) is -0.502. The molecule has 3 aromatic rings. The van der Waals surface area contributed by atoms with Crippen LogP contribution in [0.3, 0.4) is 0 Å². The number of carbonyl (C=O) groups excluding carboxylic acids is 2. The fourth-order valence-corrected chi connectivity index (χ4v) is 5.54. The number of fused-ring (bicyclic) bond motifs is 2. The number of thioether (sulfide) groups is 1. The van der Waals surface area contributed by atoms with Gasteiger partial charge in [0.1, 0.15) is 5.82 Å². The Balaban J connectivity index is 1.62. The van der Waals surface area contributed by atoms with Crippen molar-refractivity contribution < 1.29 is 14.0 Å². The van der Waals surface area contributed by atoms with E-state index >= 15 is 0 Å². The number of hydrogen-bond donors (Lipinski definition) is 0. The average molecular weight is 418 g/mol. The molecule has 3 aromatic carbocycles. The summed E-state index contributed by atoms with van der Waals surface area (Å²) in [5, 5.41) is 0. The molecule has 0 radical (unpaired) electrons. The molecule has 0 N–H and O–H groups in total. The molecule has 2 aliphatic heterocycles. The summed E-state index contributed by atoms with van der Waals surface area (Å²) < 4.78 is 13.5. The van der Waals surface area contributed by atoms with Crippen LogP contribution in [0.5, 0.6) is 0 Å². The predicted octanol–water partition coefficient (Wildman–Crippen LogP) is 4.61. The molecule has 1 unspecified atom stereocenters. The first kappa shape index (κ1) is 18.9. The summed E-state index contributed by atoms with van der Waals surface area (Å²) in [6.07, 6.45) is 0. The van der Waals surface area contributed by atoms with Crippen LogP contribution >= 0.6 is 11.8 Å². The van der Waals surface area contributed by atoms with E-state index in [-0.39, 0.29) is 23.4 Å². The van der Waals surface area contributed by atoms with Crippen molar-refractivity contribution in [3.05, 3.63) is 95.3 Å². The molecule has 0 aromatic heterocycles. The van der Waals surface area contributed by atoms with Gasteiger partial charge in [-0.3, -0.25) is 14.5 Å². The van der Waals surface area contributed by atoms with Gasteiger partial charge >= 0.3 is 0 Å². The van der Waals surface area contributed by atoms with Gasteiger partial charge < -0.3 is 4.90 Å². The standard InChI is InChI=1S/C24H19FN2O2S/c1-16-6-8-17(9-7-16)14-26-21-5-3-2-4-20(21)24(23(26)29)27(22(28)15-30-24)19-12-10-18(25)11-13-19/h2-13H,14-15H2,1H3. The first-order valence-electron chi connectivity index (χ1n) is 9.70. The minimum absolute atomic E-state index is 0.149. The maximum Gasteiger partial charge on any atom is 0.269 e. The Hall–Kier alpha value is -3.12. The van der Waals surface area contributed by atoms with Crippen molar-refractivity contribution in [2.75, 3.05) is 15.6 Å². The lowest BCUT2D eigenvalue weighted by molar-refractivity contribution is -0.123. The van der Waals surface area contributed by atoms with Gasteiger partial charge in [0.05, 0.1) is 18.0 Å². The van der Waals surface area contributed by atoms with Crippen LogP contribution in [-0.2, 0) is 21.0 Å². The molecule has 0 aliphatic carbocycles. The second kappa shape index (κ2) is 6.99. The van der Waals surface area contributed by atoms with Gasteiger partial charge in [0.15, 0.2) is 0 Å². The minimum Gasteiger partial charge on any atom is -0.304 e. The Kier molecular flexibility index (Phi) is 4.40. The number of aryl methyl sites for hydroxylation is 1. The molecule has 0 bridgehead atoms. The van der Waals surface area contributed by atoms with Crippen LogP contribution < -0.4 is 9.80 Å². The van der Waals surface area contributed by atoms with Crippen LogP contribution in [0, 0.1) is 12.7 Å². The van der Waals surface area contributed by atoms with Crippen LogP contribution in [0.1, 0.15) is 16.7 Å². The van der Waals surface area contributed by atoms with Gasteiger partial charge in [-0.2, -0.15) is 0 Å². The van der Waals surface area contributed by atoms with E-state index in [2.05, 4.69) is 0 Å². The molecule has 2 heterocycles. The first-order valence-corrected chi connectivity index (χ1v) is 10.7. The summed E-state index contributed by atoms with van der Waals surface area (Å²) in [4.78, 5) is 28.9. The SMILES string of the molecule is Cc1ccc(CN2C(=O)C3(SCC(=O)N3c3ccc(F)cc3)c3ccccc32)cc1. The fraction of sp³-hybridized carbons (Fsp3) is 0.167. The molecule has 6 heteroatoms. The van der Waals surface area contributed by atoms with E-state index < -0.39 is 4.87 Å². The molecule has 2 amide bonds. The number of para-hydroxylation sites is 1. The number of carbonyl (C=O) groups is 2. The van der Waals surface area contributed by atoms with Gasteiger partial charge in [-0.05, 0) is 42.8 Å². The number of nitrogens with zero attached hydrogens (tertiary/aromatic N) is 2. The van der Waals surface area contributed by atoms with E-state index in [0.717, 1.165) is 22.4 Å². The zero-order valence-corrected chi connectivity index (χ0v) is 17.2. The Bertz CT molecular complexity index is 1150. The van der Waals surface area contributed by atoms with Crippen LogP contribution in [0.4, 0.5) is 15.8 Å². The molecule has 5 rings (SSSR count). The zero-order valence-electron chi connectivity index (χ0n) is 16.3. The zero-order chi connectivity index (χ0) is 20.9. The molecule has 1 saturated heterocycles. The normalized spacial score (nSPS) is 20.3. The number of benzene rings is 3. The summed E-state index contributed by atoms with van der Waals surface area (Å²) >= 11 is 1.33. The van der Waals surface area contributed by atoms with E-state index in [0.29, 0.717) is 12.2 Å². The molecular weight excluding hydrogens is 399 g/mol. The van der Waals surface area contributed by atoms with Crippen molar-refractivity contribution in [1.82, 2.24) is 0 Å². The van der Waals surface area contributed by atoms with E-state index in [1.54, 1.807) is 17.0 Å². The maximum absolute atomic E-state index is 13.9.